The van der Waals surface area contributed by atoms with Crippen LogP contribution in [0.3, 0.4) is 0 Å². The van der Waals surface area contributed by atoms with Crippen LogP contribution in [0.1, 0.15) is 12.2 Å². The molecule has 2 heterocycles. The van der Waals surface area contributed by atoms with Crippen molar-refractivity contribution >= 4 is 34.8 Å². The van der Waals surface area contributed by atoms with E-state index in [1.54, 1.807) is 12.1 Å². The van der Waals surface area contributed by atoms with Crippen LogP contribution in [0.4, 0.5) is 11.4 Å². The Hall–Kier alpha value is -3.25. The smallest absolute Gasteiger partial charge is 0.239 e. The van der Waals surface area contributed by atoms with E-state index in [0.717, 1.165) is 22.8 Å². The van der Waals surface area contributed by atoms with Gasteiger partial charge in [-0.3, -0.25) is 9.59 Å². The minimum absolute atomic E-state index is 0.0250. The van der Waals surface area contributed by atoms with Crippen molar-refractivity contribution in [3.05, 3.63) is 71.4 Å². The number of anilines is 2. The lowest BCUT2D eigenvalue weighted by Crippen LogP contribution is -2.47. The molecular formula is C23H22ClN3O3. The molecule has 2 amide bonds. The minimum Gasteiger partial charge on any atom is -0.461 e. The van der Waals surface area contributed by atoms with Gasteiger partial charge in [0.05, 0.1) is 17.3 Å². The van der Waals surface area contributed by atoms with Crippen LogP contribution in [0, 0.1) is 0 Å². The van der Waals surface area contributed by atoms with Crippen LogP contribution in [0.2, 0.25) is 5.02 Å². The van der Waals surface area contributed by atoms with E-state index < -0.39 is 0 Å². The number of furan rings is 1. The average Bonchev–Trinajstić information content (AvgIpc) is 3.22. The van der Waals surface area contributed by atoms with Crippen molar-refractivity contribution < 1.29 is 14.0 Å². The highest BCUT2D eigenvalue weighted by Crippen LogP contribution is 2.29. The molecule has 0 aliphatic carbocycles. The largest absolute Gasteiger partial charge is 0.461 e. The molecule has 1 fully saturated rings. The molecule has 3 aromatic rings. The summed E-state index contributed by atoms with van der Waals surface area (Å²) in [4.78, 5) is 25.8. The van der Waals surface area contributed by atoms with Gasteiger partial charge in [-0.05, 0) is 30.3 Å². The Kier molecular flexibility index (Phi) is 6.05. The average molecular weight is 424 g/mol. The zero-order valence-corrected chi connectivity index (χ0v) is 17.1. The number of benzene rings is 2. The van der Waals surface area contributed by atoms with Gasteiger partial charge in [0.25, 0.3) is 0 Å². The van der Waals surface area contributed by atoms with Crippen molar-refractivity contribution in [3.8, 4) is 11.3 Å². The molecule has 154 valence electrons. The van der Waals surface area contributed by atoms with Crippen molar-refractivity contribution in [1.29, 1.82) is 0 Å². The van der Waals surface area contributed by atoms with E-state index in [9.17, 15) is 9.59 Å². The second kappa shape index (κ2) is 9.05. The Morgan fingerprint density at radius 3 is 2.73 bits per heavy atom. The molecule has 1 aromatic heterocycles. The van der Waals surface area contributed by atoms with E-state index in [2.05, 4.69) is 10.6 Å². The monoisotopic (exact) mass is 423 g/mol. The van der Waals surface area contributed by atoms with Crippen LogP contribution in [0.15, 0.2) is 65.1 Å². The topological polar surface area (TPSA) is 74.6 Å². The summed E-state index contributed by atoms with van der Waals surface area (Å²) in [5.41, 5.74) is 2.42. The number of nitrogens with one attached hydrogen (secondary N) is 2. The van der Waals surface area contributed by atoms with E-state index >= 15 is 0 Å². The number of aryl methyl sites for hydroxylation is 1. The summed E-state index contributed by atoms with van der Waals surface area (Å²) in [7, 11) is 0. The summed E-state index contributed by atoms with van der Waals surface area (Å²) < 4.78 is 5.84. The maximum atomic E-state index is 12.3. The Morgan fingerprint density at radius 1 is 1.13 bits per heavy atom. The molecule has 1 aliphatic rings. The van der Waals surface area contributed by atoms with Gasteiger partial charge in [-0.25, -0.2) is 0 Å². The lowest BCUT2D eigenvalue weighted by Gasteiger charge is -2.29. The van der Waals surface area contributed by atoms with Crippen LogP contribution >= 0.6 is 11.6 Å². The molecule has 7 heteroatoms. The van der Waals surface area contributed by atoms with Gasteiger partial charge in [-0.2, -0.15) is 0 Å². The van der Waals surface area contributed by atoms with Crippen LogP contribution < -0.4 is 15.5 Å². The highest BCUT2D eigenvalue weighted by atomic mass is 35.5. The van der Waals surface area contributed by atoms with Crippen molar-refractivity contribution in [2.45, 2.75) is 12.8 Å². The molecule has 0 atom stereocenters. The lowest BCUT2D eigenvalue weighted by molar-refractivity contribution is -0.120. The molecule has 0 spiro atoms. The predicted octanol–water partition coefficient (Wildman–Crippen LogP) is 4.11. The van der Waals surface area contributed by atoms with Crippen molar-refractivity contribution in [2.75, 3.05) is 29.9 Å². The summed E-state index contributed by atoms with van der Waals surface area (Å²) in [5, 5.41) is 6.16. The number of piperazine rings is 1. The highest BCUT2D eigenvalue weighted by Gasteiger charge is 2.19. The Labute approximate surface area is 179 Å². The molecule has 4 rings (SSSR count). The predicted molar refractivity (Wildman–Crippen MR) is 118 cm³/mol. The first kappa shape index (κ1) is 20.0. The molecule has 1 saturated heterocycles. The number of carbonyl (C=O) groups excluding carboxylic acids is 2. The second-order valence-electron chi connectivity index (χ2n) is 7.12. The van der Waals surface area contributed by atoms with E-state index in [0.29, 0.717) is 36.6 Å². The zero-order valence-electron chi connectivity index (χ0n) is 16.4. The number of rotatable bonds is 6. The lowest BCUT2D eigenvalue weighted by atomic mass is 10.2. The van der Waals surface area contributed by atoms with E-state index in [4.69, 9.17) is 16.0 Å². The third kappa shape index (κ3) is 4.83. The summed E-state index contributed by atoms with van der Waals surface area (Å²) in [6.07, 6.45) is 0.806. The van der Waals surface area contributed by atoms with E-state index in [1.807, 2.05) is 53.4 Å². The molecule has 0 saturated carbocycles. The number of hydrogen-bond donors (Lipinski definition) is 2. The summed E-state index contributed by atoms with van der Waals surface area (Å²) in [6.45, 7) is 1.57. The first-order chi connectivity index (χ1) is 14.6. The molecule has 6 nitrogen and oxygen atoms in total. The normalized spacial score (nSPS) is 13.8. The van der Waals surface area contributed by atoms with Crippen LogP contribution in [-0.4, -0.2) is 31.4 Å². The third-order valence-electron chi connectivity index (χ3n) is 4.93. The molecule has 1 aliphatic heterocycles. The van der Waals surface area contributed by atoms with Gasteiger partial charge in [0, 0.05) is 37.2 Å². The molecule has 0 bridgehead atoms. The number of amides is 2. The molecule has 0 unspecified atom stereocenters. The van der Waals surface area contributed by atoms with Crippen LogP contribution in [0.25, 0.3) is 11.3 Å². The maximum Gasteiger partial charge on any atom is 0.239 e. The fraction of sp³-hybridized carbons (Fsp3) is 0.217. The zero-order chi connectivity index (χ0) is 20.9. The Bertz CT molecular complexity index is 1050. The Morgan fingerprint density at radius 2 is 1.97 bits per heavy atom. The van der Waals surface area contributed by atoms with Gasteiger partial charge in [0.15, 0.2) is 0 Å². The van der Waals surface area contributed by atoms with Gasteiger partial charge in [-0.15, -0.1) is 0 Å². The molecule has 0 radical (unpaired) electrons. The molecule has 30 heavy (non-hydrogen) atoms. The molecular weight excluding hydrogens is 402 g/mol. The van der Waals surface area contributed by atoms with Gasteiger partial charge < -0.3 is 20.0 Å². The van der Waals surface area contributed by atoms with E-state index in [1.165, 1.54) is 0 Å². The van der Waals surface area contributed by atoms with Gasteiger partial charge in [0.1, 0.15) is 11.5 Å². The first-order valence-corrected chi connectivity index (χ1v) is 10.2. The fourth-order valence-electron chi connectivity index (χ4n) is 3.42. The quantitative estimate of drug-likeness (QED) is 0.625. The van der Waals surface area contributed by atoms with Crippen LogP contribution in [-0.2, 0) is 16.0 Å². The number of hydrogen-bond acceptors (Lipinski definition) is 4. The fourth-order valence-corrected chi connectivity index (χ4v) is 3.72. The minimum atomic E-state index is -0.117. The third-order valence-corrected chi connectivity index (χ3v) is 5.23. The first-order valence-electron chi connectivity index (χ1n) is 9.84. The van der Waals surface area contributed by atoms with Crippen molar-refractivity contribution in [2.24, 2.45) is 0 Å². The maximum absolute atomic E-state index is 12.3. The number of halogens is 1. The summed E-state index contributed by atoms with van der Waals surface area (Å²) in [5.74, 6) is 1.41. The Balaban J connectivity index is 1.32. The van der Waals surface area contributed by atoms with Gasteiger partial charge in [-0.1, -0.05) is 41.9 Å². The summed E-state index contributed by atoms with van der Waals surface area (Å²) in [6, 6.07) is 19.0. The van der Waals surface area contributed by atoms with E-state index in [-0.39, 0.29) is 18.4 Å². The standard InChI is InChI=1S/C23H22ClN3O3/c24-19-14-17(6-9-20(19)27-13-12-25-23(29)15-27)26-22(28)11-8-18-7-10-21(30-18)16-4-2-1-3-5-16/h1-7,9-10,14H,8,11-13,15H2,(H,25,29)(H,26,28). The van der Waals surface area contributed by atoms with Gasteiger partial charge in [0.2, 0.25) is 11.8 Å². The molecule has 2 aromatic carbocycles. The number of carbonyl (C=O) groups is 2. The van der Waals surface area contributed by atoms with Gasteiger partial charge >= 0.3 is 0 Å². The van der Waals surface area contributed by atoms with Crippen molar-refractivity contribution in [1.82, 2.24) is 5.32 Å². The summed E-state index contributed by atoms with van der Waals surface area (Å²) >= 11 is 6.39. The highest BCUT2D eigenvalue weighted by molar-refractivity contribution is 6.33. The van der Waals surface area contributed by atoms with Crippen LogP contribution in [0.5, 0.6) is 0 Å². The second-order valence-corrected chi connectivity index (χ2v) is 7.53. The number of nitrogens with zero attached hydrogens (tertiary/aromatic N) is 1. The van der Waals surface area contributed by atoms with Crippen molar-refractivity contribution in [3.63, 3.8) is 0 Å². The molecule has 2 N–H and O–H groups in total. The SMILES string of the molecule is O=C1CN(c2ccc(NC(=O)CCc3ccc(-c4ccccc4)o3)cc2Cl)CCN1.